The Balaban J connectivity index is 3.41. The first-order chi connectivity index (χ1) is 14.6. The van der Waals surface area contributed by atoms with Gasteiger partial charge in [-0.3, -0.25) is 4.90 Å². The molecule has 0 aromatic heterocycles. The number of ether oxygens (including phenoxy) is 4. The van der Waals surface area contributed by atoms with Crippen LogP contribution in [0.1, 0.15) is 60.8 Å². The molecule has 1 fully saturated rings. The first-order valence-corrected chi connectivity index (χ1v) is 10.2. The summed E-state index contributed by atoms with van der Waals surface area (Å²) in [6.45, 7) is 9.84. The van der Waals surface area contributed by atoms with Gasteiger partial charge < -0.3 is 29.1 Å². The molecule has 11 nitrogen and oxygen atoms in total. The van der Waals surface area contributed by atoms with E-state index < -0.39 is 59.4 Å². The van der Waals surface area contributed by atoms with Gasteiger partial charge in [0.25, 0.3) is 0 Å². The minimum absolute atomic E-state index is 0.00577. The van der Waals surface area contributed by atoms with E-state index in [4.69, 9.17) is 18.9 Å². The maximum Gasteiger partial charge on any atom is 0.411 e. The molecule has 0 unspecified atom stereocenters. The highest BCUT2D eigenvalue weighted by Gasteiger charge is 2.58. The number of nitrogens with one attached hydrogen (secondary N) is 1. The maximum absolute atomic E-state index is 13.0. The zero-order chi connectivity index (χ0) is 24.9. The van der Waals surface area contributed by atoms with Gasteiger partial charge in [0, 0.05) is 6.42 Å². The highest BCUT2D eigenvalue weighted by molar-refractivity contribution is 5.90. The summed E-state index contributed by atoms with van der Waals surface area (Å²) in [6, 6.07) is -2.35. The van der Waals surface area contributed by atoms with Gasteiger partial charge in [-0.05, 0) is 54.4 Å². The van der Waals surface area contributed by atoms with E-state index in [1.165, 1.54) is 0 Å². The molecule has 1 rings (SSSR count). The largest absolute Gasteiger partial charge is 0.467 e. The molecule has 0 radical (unpaired) electrons. The van der Waals surface area contributed by atoms with E-state index in [2.05, 4.69) is 5.32 Å². The number of esters is 2. The van der Waals surface area contributed by atoms with Gasteiger partial charge in [0.2, 0.25) is 0 Å². The number of rotatable bonds is 6. The zero-order valence-electron chi connectivity index (χ0n) is 20.0. The van der Waals surface area contributed by atoms with Crippen molar-refractivity contribution in [1.82, 2.24) is 10.2 Å². The lowest BCUT2D eigenvalue weighted by Crippen LogP contribution is -2.61. The second-order valence-electron chi connectivity index (χ2n) is 9.54. The molecule has 11 heteroatoms. The molecule has 3 atom stereocenters. The topological polar surface area (TPSA) is 138 Å². The van der Waals surface area contributed by atoms with Crippen molar-refractivity contribution < 1.29 is 42.9 Å². The third-order valence-corrected chi connectivity index (χ3v) is 4.68. The van der Waals surface area contributed by atoms with Crippen molar-refractivity contribution in [2.75, 3.05) is 14.2 Å². The number of carbonyl (C=O) groups is 5. The summed E-state index contributed by atoms with van der Waals surface area (Å²) in [4.78, 5) is 63.4. The predicted octanol–water partition coefficient (Wildman–Crippen LogP) is 1.95. The summed E-state index contributed by atoms with van der Waals surface area (Å²) in [5.74, 6) is -1.72. The molecule has 0 aromatic carbocycles. The second-order valence-corrected chi connectivity index (χ2v) is 9.54. The van der Waals surface area contributed by atoms with Crippen LogP contribution in [0.3, 0.4) is 0 Å². The summed E-state index contributed by atoms with van der Waals surface area (Å²) in [6.07, 6.45) is -1.57. The lowest BCUT2D eigenvalue weighted by Gasteiger charge is -2.39. The Morgan fingerprint density at radius 1 is 1.03 bits per heavy atom. The normalized spacial score (nSPS) is 21.9. The molecule has 0 bridgehead atoms. The summed E-state index contributed by atoms with van der Waals surface area (Å²) >= 11 is 0. The van der Waals surface area contributed by atoms with Gasteiger partial charge in [-0.15, -0.1) is 0 Å². The Labute approximate surface area is 188 Å². The second kappa shape index (κ2) is 10.2. The van der Waals surface area contributed by atoms with Crippen molar-refractivity contribution in [3.8, 4) is 0 Å². The number of carbonyl (C=O) groups excluding carboxylic acids is 5. The molecular weight excluding hydrogens is 424 g/mol. The van der Waals surface area contributed by atoms with E-state index in [0.717, 1.165) is 19.1 Å². The zero-order valence-corrected chi connectivity index (χ0v) is 20.0. The fourth-order valence-corrected chi connectivity index (χ4v) is 3.50. The Kier molecular flexibility index (Phi) is 8.65. The molecule has 1 heterocycles. The summed E-state index contributed by atoms with van der Waals surface area (Å²) in [5, 5.41) is 2.38. The highest BCUT2D eigenvalue weighted by atomic mass is 16.6. The van der Waals surface area contributed by atoms with Crippen molar-refractivity contribution in [3.63, 3.8) is 0 Å². The highest BCUT2D eigenvalue weighted by Crippen LogP contribution is 2.39. The van der Waals surface area contributed by atoms with Crippen LogP contribution in [-0.2, 0) is 33.3 Å². The summed E-state index contributed by atoms with van der Waals surface area (Å²) in [7, 11) is 2.24. The first-order valence-electron chi connectivity index (χ1n) is 10.2. The van der Waals surface area contributed by atoms with Gasteiger partial charge in [0.15, 0.2) is 0 Å². The van der Waals surface area contributed by atoms with Crippen LogP contribution in [0.4, 0.5) is 9.59 Å². The maximum atomic E-state index is 13.0. The Morgan fingerprint density at radius 3 is 2.03 bits per heavy atom. The number of nitrogens with zero attached hydrogens (tertiary/aromatic N) is 1. The lowest BCUT2D eigenvalue weighted by atomic mass is 9.88. The molecule has 0 aliphatic carbocycles. The average Bonchev–Trinajstić information content (AvgIpc) is 3.02. The number of alkyl carbamates (subject to hydrolysis) is 1. The Morgan fingerprint density at radius 2 is 1.59 bits per heavy atom. The lowest BCUT2D eigenvalue weighted by molar-refractivity contribution is -0.156. The number of hydrogen-bond acceptors (Lipinski definition) is 9. The van der Waals surface area contributed by atoms with E-state index in [1.54, 1.807) is 41.5 Å². The summed E-state index contributed by atoms with van der Waals surface area (Å²) in [5.41, 5.74) is -3.51. The Bertz CT molecular complexity index is 739. The third-order valence-electron chi connectivity index (χ3n) is 4.68. The van der Waals surface area contributed by atoms with Crippen LogP contribution in [0.15, 0.2) is 0 Å². The number of aldehydes is 1. The van der Waals surface area contributed by atoms with Crippen LogP contribution >= 0.6 is 0 Å². The van der Waals surface area contributed by atoms with E-state index >= 15 is 0 Å². The van der Waals surface area contributed by atoms with E-state index in [0.29, 0.717) is 6.29 Å². The number of likely N-dealkylation sites (tertiary alicyclic amines) is 1. The van der Waals surface area contributed by atoms with Crippen LogP contribution in [0.25, 0.3) is 0 Å². The van der Waals surface area contributed by atoms with Crippen molar-refractivity contribution in [1.29, 1.82) is 0 Å². The van der Waals surface area contributed by atoms with Gasteiger partial charge >= 0.3 is 24.1 Å². The van der Waals surface area contributed by atoms with E-state index in [-0.39, 0.29) is 12.8 Å². The molecule has 1 aliphatic heterocycles. The molecular formula is C21H34N2O9. The number of amides is 2. The van der Waals surface area contributed by atoms with Crippen molar-refractivity contribution in [3.05, 3.63) is 0 Å². The molecule has 0 spiro atoms. The smallest absolute Gasteiger partial charge is 0.411 e. The molecule has 32 heavy (non-hydrogen) atoms. The number of methoxy groups -OCH3 is 2. The van der Waals surface area contributed by atoms with Crippen LogP contribution in [0, 0.1) is 0 Å². The summed E-state index contributed by atoms with van der Waals surface area (Å²) < 4.78 is 20.3. The standard InChI is InChI=1S/C21H34N2O9/c1-19(2,3)31-17(27)22-14(15(25)29-7)11-21(16(26)30-8)10-9-13(12-24)23(21)18(28)32-20(4,5)6/h12-14H,9-11H2,1-8H3,(H,22,27)/t13-,14-,21-/m1/s1. The molecule has 1 saturated heterocycles. The van der Waals surface area contributed by atoms with Crippen LogP contribution in [-0.4, -0.2) is 78.4 Å². The minimum atomic E-state index is -1.75. The fraction of sp³-hybridized carbons (Fsp3) is 0.762. The quantitative estimate of drug-likeness (QED) is 0.359. The van der Waals surface area contributed by atoms with E-state index in [9.17, 15) is 24.0 Å². The van der Waals surface area contributed by atoms with Crippen LogP contribution in [0.5, 0.6) is 0 Å². The molecule has 2 amide bonds. The molecule has 182 valence electrons. The first kappa shape index (κ1) is 27.2. The van der Waals surface area contributed by atoms with Crippen molar-refractivity contribution in [2.24, 2.45) is 0 Å². The molecule has 1 N–H and O–H groups in total. The Hall–Kier alpha value is -2.85. The minimum Gasteiger partial charge on any atom is -0.467 e. The molecule has 1 aliphatic rings. The van der Waals surface area contributed by atoms with E-state index in [1.807, 2.05) is 0 Å². The van der Waals surface area contributed by atoms with Crippen LogP contribution in [0.2, 0.25) is 0 Å². The predicted molar refractivity (Wildman–Crippen MR) is 112 cm³/mol. The van der Waals surface area contributed by atoms with Gasteiger partial charge in [0.1, 0.15) is 29.1 Å². The third kappa shape index (κ3) is 6.83. The van der Waals surface area contributed by atoms with Gasteiger partial charge in [-0.1, -0.05) is 0 Å². The van der Waals surface area contributed by atoms with Gasteiger partial charge in [-0.2, -0.15) is 0 Å². The molecule has 0 aromatic rings. The fourth-order valence-electron chi connectivity index (χ4n) is 3.50. The van der Waals surface area contributed by atoms with Crippen molar-refractivity contribution >= 4 is 30.4 Å². The van der Waals surface area contributed by atoms with Crippen molar-refractivity contribution in [2.45, 2.75) is 89.6 Å². The SMILES string of the molecule is COC(=O)[C@@H](C[C@@]1(C(=O)OC)CC[C@H](C=O)N1C(=O)OC(C)(C)C)NC(=O)OC(C)(C)C. The van der Waals surface area contributed by atoms with Gasteiger partial charge in [0.05, 0.1) is 20.3 Å². The monoisotopic (exact) mass is 458 g/mol. The average molecular weight is 459 g/mol. The van der Waals surface area contributed by atoms with Gasteiger partial charge in [-0.25, -0.2) is 19.2 Å². The molecule has 0 saturated carbocycles. The van der Waals surface area contributed by atoms with Crippen LogP contribution < -0.4 is 5.32 Å². The number of hydrogen-bond donors (Lipinski definition) is 1.